The van der Waals surface area contributed by atoms with Gasteiger partial charge in [-0.2, -0.15) is 5.26 Å². The normalized spacial score (nSPS) is 10.5. The maximum atomic E-state index is 12.1. The van der Waals surface area contributed by atoms with Crippen LogP contribution >= 0.6 is 0 Å². The van der Waals surface area contributed by atoms with Crippen molar-refractivity contribution in [2.24, 2.45) is 0 Å². The average Bonchev–Trinajstić information content (AvgIpc) is 2.72. The lowest BCUT2D eigenvalue weighted by molar-refractivity contribution is -0.142. The minimum absolute atomic E-state index is 0.214. The van der Waals surface area contributed by atoms with Crippen molar-refractivity contribution >= 4 is 23.6 Å². The molecule has 0 aliphatic carbocycles. The maximum Gasteiger partial charge on any atom is 0.349 e. The summed E-state index contributed by atoms with van der Waals surface area (Å²) >= 11 is 0. The molecule has 0 aromatic heterocycles. The molecule has 0 aliphatic rings. The largest absolute Gasteiger partial charge is 0.495 e. The number of carbonyl (C=O) groups excluding carboxylic acids is 2. The molecule has 1 amide bonds. The molecule has 1 N–H and O–H groups in total. The van der Waals surface area contributed by atoms with Gasteiger partial charge in [-0.1, -0.05) is 24.3 Å². The van der Waals surface area contributed by atoms with E-state index in [2.05, 4.69) is 5.32 Å². The number of esters is 1. The van der Waals surface area contributed by atoms with Gasteiger partial charge in [0.25, 0.3) is 5.91 Å². The van der Waals surface area contributed by atoms with Gasteiger partial charge < -0.3 is 19.5 Å². The van der Waals surface area contributed by atoms with Crippen molar-refractivity contribution in [2.75, 3.05) is 25.6 Å². The SMILES string of the molecule is CCOc1ccc(/C=C(\C#N)C(=O)OCC(=O)Nc2ccccc2OC)cc1. The number of methoxy groups -OCH3 is 1. The third kappa shape index (κ3) is 5.88. The van der Waals surface area contributed by atoms with Crippen molar-refractivity contribution in [3.05, 3.63) is 59.7 Å². The zero-order valence-corrected chi connectivity index (χ0v) is 15.6. The molecule has 2 aromatic rings. The van der Waals surface area contributed by atoms with Crippen LogP contribution in [-0.4, -0.2) is 32.2 Å². The topological polar surface area (TPSA) is 97.6 Å². The van der Waals surface area contributed by atoms with Gasteiger partial charge in [0.15, 0.2) is 6.61 Å². The lowest BCUT2D eigenvalue weighted by atomic mass is 10.1. The van der Waals surface area contributed by atoms with Crippen molar-refractivity contribution in [3.8, 4) is 17.6 Å². The van der Waals surface area contributed by atoms with Gasteiger partial charge in [-0.25, -0.2) is 4.79 Å². The second-order valence-electron chi connectivity index (χ2n) is 5.50. The van der Waals surface area contributed by atoms with E-state index >= 15 is 0 Å². The van der Waals surface area contributed by atoms with E-state index in [1.165, 1.54) is 13.2 Å². The number of nitriles is 1. The Hall–Kier alpha value is -3.79. The number of amides is 1. The number of carbonyl (C=O) groups is 2. The Morgan fingerprint density at radius 2 is 1.86 bits per heavy atom. The van der Waals surface area contributed by atoms with E-state index in [1.54, 1.807) is 54.6 Å². The number of anilines is 1. The molecular weight excluding hydrogens is 360 g/mol. The molecule has 0 aliphatic heterocycles. The van der Waals surface area contributed by atoms with Crippen LogP contribution in [-0.2, 0) is 14.3 Å². The molecule has 0 saturated carbocycles. The first kappa shape index (κ1) is 20.5. The molecule has 0 radical (unpaired) electrons. The van der Waals surface area contributed by atoms with Crippen molar-refractivity contribution in [3.63, 3.8) is 0 Å². The number of hydrogen-bond donors (Lipinski definition) is 1. The molecule has 28 heavy (non-hydrogen) atoms. The highest BCUT2D eigenvalue weighted by Gasteiger charge is 2.14. The van der Waals surface area contributed by atoms with E-state index in [0.717, 1.165) is 0 Å². The van der Waals surface area contributed by atoms with E-state index in [4.69, 9.17) is 14.2 Å². The predicted octanol–water partition coefficient (Wildman–Crippen LogP) is 3.18. The number of benzene rings is 2. The summed E-state index contributed by atoms with van der Waals surface area (Å²) in [6.45, 7) is 1.89. The van der Waals surface area contributed by atoms with Crippen LogP contribution in [0.15, 0.2) is 54.1 Å². The lowest BCUT2D eigenvalue weighted by Gasteiger charge is -2.10. The molecular formula is C21H20N2O5. The Morgan fingerprint density at radius 1 is 1.14 bits per heavy atom. The summed E-state index contributed by atoms with van der Waals surface area (Å²) in [5.41, 5.74) is 0.876. The van der Waals surface area contributed by atoms with Gasteiger partial charge in [0, 0.05) is 0 Å². The summed E-state index contributed by atoms with van der Waals surface area (Å²) < 4.78 is 15.4. The summed E-state index contributed by atoms with van der Waals surface area (Å²) in [5.74, 6) is -0.258. The number of nitrogens with one attached hydrogen (secondary N) is 1. The van der Waals surface area contributed by atoms with E-state index in [1.807, 2.05) is 6.92 Å². The van der Waals surface area contributed by atoms with Gasteiger partial charge in [-0.3, -0.25) is 4.79 Å². The molecule has 0 spiro atoms. The molecule has 144 valence electrons. The van der Waals surface area contributed by atoms with E-state index in [0.29, 0.717) is 29.4 Å². The number of ether oxygens (including phenoxy) is 3. The Morgan fingerprint density at radius 3 is 2.50 bits per heavy atom. The van der Waals surface area contributed by atoms with Crippen LogP contribution in [0.2, 0.25) is 0 Å². The summed E-state index contributed by atoms with van der Waals surface area (Å²) in [5, 5.41) is 11.8. The van der Waals surface area contributed by atoms with Crippen LogP contribution in [0.3, 0.4) is 0 Å². The number of rotatable bonds is 8. The second-order valence-corrected chi connectivity index (χ2v) is 5.50. The smallest absolute Gasteiger partial charge is 0.349 e. The molecule has 0 bridgehead atoms. The van der Waals surface area contributed by atoms with Crippen LogP contribution < -0.4 is 14.8 Å². The zero-order valence-electron chi connectivity index (χ0n) is 15.6. The molecule has 0 atom stereocenters. The lowest BCUT2D eigenvalue weighted by Crippen LogP contribution is -2.21. The van der Waals surface area contributed by atoms with Gasteiger partial charge in [0.1, 0.15) is 23.1 Å². The Bertz CT molecular complexity index is 898. The summed E-state index contributed by atoms with van der Waals surface area (Å²) in [6.07, 6.45) is 1.39. The van der Waals surface area contributed by atoms with Gasteiger partial charge in [0.05, 0.1) is 19.4 Å². The number of hydrogen-bond acceptors (Lipinski definition) is 6. The van der Waals surface area contributed by atoms with Gasteiger partial charge in [-0.15, -0.1) is 0 Å². The van der Waals surface area contributed by atoms with Crippen molar-refractivity contribution < 1.29 is 23.8 Å². The third-order valence-corrected chi connectivity index (χ3v) is 3.56. The highest BCUT2D eigenvalue weighted by Crippen LogP contribution is 2.22. The second kappa shape index (κ2) is 10.4. The van der Waals surface area contributed by atoms with Gasteiger partial charge >= 0.3 is 5.97 Å². The highest BCUT2D eigenvalue weighted by atomic mass is 16.5. The van der Waals surface area contributed by atoms with Crippen molar-refractivity contribution in [2.45, 2.75) is 6.92 Å². The molecule has 0 saturated heterocycles. The molecule has 7 heteroatoms. The Labute approximate surface area is 163 Å². The molecule has 0 unspecified atom stereocenters. The van der Waals surface area contributed by atoms with E-state index in [9.17, 15) is 14.9 Å². The fourth-order valence-electron chi connectivity index (χ4n) is 2.27. The summed E-state index contributed by atoms with van der Waals surface area (Å²) in [7, 11) is 1.48. The van der Waals surface area contributed by atoms with E-state index < -0.39 is 18.5 Å². The molecule has 7 nitrogen and oxygen atoms in total. The third-order valence-electron chi connectivity index (χ3n) is 3.56. The summed E-state index contributed by atoms with van der Waals surface area (Å²) in [4.78, 5) is 24.1. The monoisotopic (exact) mass is 380 g/mol. The van der Waals surface area contributed by atoms with E-state index in [-0.39, 0.29) is 5.57 Å². The van der Waals surface area contributed by atoms with Crippen molar-refractivity contribution in [1.29, 1.82) is 5.26 Å². The van der Waals surface area contributed by atoms with Gasteiger partial charge in [-0.05, 0) is 42.8 Å². The summed E-state index contributed by atoms with van der Waals surface area (Å²) in [6, 6.07) is 15.5. The molecule has 0 heterocycles. The van der Waals surface area contributed by atoms with Crippen LogP contribution in [0.5, 0.6) is 11.5 Å². The zero-order chi connectivity index (χ0) is 20.4. The maximum absolute atomic E-state index is 12.1. The van der Waals surface area contributed by atoms with Gasteiger partial charge in [0.2, 0.25) is 0 Å². The number of para-hydroxylation sites is 2. The highest BCUT2D eigenvalue weighted by molar-refractivity contribution is 6.00. The number of nitrogens with zero attached hydrogens (tertiary/aromatic N) is 1. The quantitative estimate of drug-likeness (QED) is 0.429. The fraction of sp³-hybridized carbons (Fsp3) is 0.190. The first-order valence-electron chi connectivity index (χ1n) is 8.52. The van der Waals surface area contributed by atoms with Crippen LogP contribution in [0.4, 0.5) is 5.69 Å². The van der Waals surface area contributed by atoms with Crippen molar-refractivity contribution in [1.82, 2.24) is 0 Å². The Balaban J connectivity index is 1.96. The standard InChI is InChI=1S/C21H20N2O5/c1-3-27-17-10-8-15(9-11-17)12-16(13-22)21(25)28-14-20(24)23-18-6-4-5-7-19(18)26-2/h4-12H,3,14H2,1-2H3,(H,23,24)/b16-12+. The first-order valence-corrected chi connectivity index (χ1v) is 8.52. The first-order chi connectivity index (χ1) is 13.6. The fourth-order valence-corrected chi connectivity index (χ4v) is 2.27. The van der Waals surface area contributed by atoms with Crippen LogP contribution in [0, 0.1) is 11.3 Å². The Kier molecular flexibility index (Phi) is 7.61. The molecule has 0 fully saturated rings. The van der Waals surface area contributed by atoms with Crippen LogP contribution in [0.25, 0.3) is 6.08 Å². The minimum Gasteiger partial charge on any atom is -0.495 e. The predicted molar refractivity (Wildman–Crippen MR) is 104 cm³/mol. The molecule has 2 rings (SSSR count). The minimum atomic E-state index is -0.883. The van der Waals surface area contributed by atoms with Crippen LogP contribution in [0.1, 0.15) is 12.5 Å². The molecule has 2 aromatic carbocycles. The average molecular weight is 380 g/mol.